The monoisotopic (exact) mass is 317 g/mol. The molecule has 0 bridgehead atoms. The summed E-state index contributed by atoms with van der Waals surface area (Å²) in [5.41, 5.74) is 3.04. The highest BCUT2D eigenvalue weighted by Crippen LogP contribution is 2.22. The number of hydrogen-bond donors (Lipinski definition) is 0. The number of hydrogen-bond acceptors (Lipinski definition) is 4. The van der Waals surface area contributed by atoms with Crippen LogP contribution in [0, 0.1) is 25.2 Å². The van der Waals surface area contributed by atoms with Crippen molar-refractivity contribution in [3.05, 3.63) is 28.6 Å². The normalized spacial score (nSPS) is 18.0. The number of ether oxygens (including phenoxy) is 1. The molecule has 23 heavy (non-hydrogen) atoms. The van der Waals surface area contributed by atoms with Crippen molar-refractivity contribution >= 4 is 12.0 Å². The van der Waals surface area contributed by atoms with Gasteiger partial charge in [-0.3, -0.25) is 9.63 Å². The summed E-state index contributed by atoms with van der Waals surface area (Å²) in [5.74, 6) is -0.459. The first-order chi connectivity index (χ1) is 11.0. The van der Waals surface area contributed by atoms with E-state index in [4.69, 9.17) is 9.57 Å². The lowest BCUT2D eigenvalue weighted by Gasteiger charge is -2.15. The van der Waals surface area contributed by atoms with E-state index in [0.717, 1.165) is 48.0 Å². The predicted octanol–water partition coefficient (Wildman–Crippen LogP) is 2.21. The van der Waals surface area contributed by atoms with Crippen LogP contribution >= 0.6 is 0 Å². The molecule has 1 aliphatic heterocycles. The fourth-order valence-electron chi connectivity index (χ4n) is 2.80. The van der Waals surface area contributed by atoms with Gasteiger partial charge in [0.1, 0.15) is 11.6 Å². The summed E-state index contributed by atoms with van der Waals surface area (Å²) >= 11 is 0. The number of carbonyl (C=O) groups is 1. The summed E-state index contributed by atoms with van der Waals surface area (Å²) < 4.78 is 7.88. The topological polar surface area (TPSA) is 67.5 Å². The Bertz CT molecular complexity index is 649. The molecule has 1 amide bonds. The minimum atomic E-state index is -0.459. The van der Waals surface area contributed by atoms with E-state index in [-0.39, 0.29) is 11.7 Å². The SMILES string of the molecule is CON(C)C(=O)/C(C#N)=C/c1cc(C)n(C[C@@H]2CCCO2)c1C. The van der Waals surface area contributed by atoms with Crippen LogP contribution in [-0.2, 0) is 20.9 Å². The highest BCUT2D eigenvalue weighted by atomic mass is 16.7. The van der Waals surface area contributed by atoms with E-state index in [1.165, 1.54) is 14.2 Å². The van der Waals surface area contributed by atoms with Gasteiger partial charge in [-0.05, 0) is 44.4 Å². The zero-order valence-corrected chi connectivity index (χ0v) is 14.1. The molecular weight excluding hydrogens is 294 g/mol. The Morgan fingerprint density at radius 1 is 1.61 bits per heavy atom. The maximum Gasteiger partial charge on any atom is 0.287 e. The lowest BCUT2D eigenvalue weighted by molar-refractivity contribution is -0.163. The van der Waals surface area contributed by atoms with Crippen molar-refractivity contribution in [3.63, 3.8) is 0 Å². The van der Waals surface area contributed by atoms with Crippen molar-refractivity contribution in [1.82, 2.24) is 9.63 Å². The molecule has 1 saturated heterocycles. The molecule has 2 rings (SSSR count). The van der Waals surface area contributed by atoms with Gasteiger partial charge < -0.3 is 9.30 Å². The molecular formula is C17H23N3O3. The molecule has 124 valence electrons. The van der Waals surface area contributed by atoms with Crippen LogP contribution in [0.4, 0.5) is 0 Å². The predicted molar refractivity (Wildman–Crippen MR) is 86.2 cm³/mol. The number of amides is 1. The summed E-state index contributed by atoms with van der Waals surface area (Å²) in [6, 6.07) is 3.94. The summed E-state index contributed by atoms with van der Waals surface area (Å²) in [4.78, 5) is 16.9. The second-order valence-corrected chi connectivity index (χ2v) is 5.73. The fourth-order valence-corrected chi connectivity index (χ4v) is 2.80. The third-order valence-corrected chi connectivity index (χ3v) is 4.23. The molecule has 6 heteroatoms. The van der Waals surface area contributed by atoms with Gasteiger partial charge in [0.05, 0.1) is 13.2 Å². The van der Waals surface area contributed by atoms with Gasteiger partial charge in [-0.1, -0.05) is 0 Å². The van der Waals surface area contributed by atoms with Crippen LogP contribution in [0.15, 0.2) is 11.6 Å². The number of carbonyl (C=O) groups excluding carboxylic acids is 1. The minimum absolute atomic E-state index is 0.0479. The molecule has 1 aromatic heterocycles. The van der Waals surface area contributed by atoms with Gasteiger partial charge in [0.15, 0.2) is 0 Å². The van der Waals surface area contributed by atoms with E-state index in [2.05, 4.69) is 4.57 Å². The van der Waals surface area contributed by atoms with Crippen LogP contribution in [0.5, 0.6) is 0 Å². The van der Waals surface area contributed by atoms with E-state index in [0.29, 0.717) is 0 Å². The van der Waals surface area contributed by atoms with Crippen molar-refractivity contribution in [2.75, 3.05) is 20.8 Å². The summed E-state index contributed by atoms with van der Waals surface area (Å²) in [7, 11) is 2.87. The van der Waals surface area contributed by atoms with Gasteiger partial charge in [-0.25, -0.2) is 5.06 Å². The number of hydroxylamine groups is 2. The second kappa shape index (κ2) is 7.44. The van der Waals surface area contributed by atoms with Gasteiger partial charge in [-0.2, -0.15) is 5.26 Å². The summed E-state index contributed by atoms with van der Waals surface area (Å²) in [6.07, 6.45) is 4.04. The molecule has 0 unspecified atom stereocenters. The molecule has 0 spiro atoms. The Kier molecular flexibility index (Phi) is 5.59. The van der Waals surface area contributed by atoms with Gasteiger partial charge >= 0.3 is 0 Å². The Hall–Kier alpha value is -2.10. The zero-order valence-electron chi connectivity index (χ0n) is 14.1. The first-order valence-electron chi connectivity index (χ1n) is 7.70. The first-order valence-corrected chi connectivity index (χ1v) is 7.70. The molecule has 1 atom stereocenters. The zero-order chi connectivity index (χ0) is 17.0. The second-order valence-electron chi connectivity index (χ2n) is 5.73. The maximum atomic E-state index is 12.1. The molecule has 1 fully saturated rings. The van der Waals surface area contributed by atoms with Crippen molar-refractivity contribution in [2.45, 2.75) is 39.3 Å². The largest absolute Gasteiger partial charge is 0.376 e. The minimum Gasteiger partial charge on any atom is -0.376 e. The van der Waals surface area contributed by atoms with Crippen LogP contribution in [0.1, 0.15) is 29.8 Å². The smallest absolute Gasteiger partial charge is 0.287 e. The van der Waals surface area contributed by atoms with Crippen LogP contribution in [-0.4, -0.2) is 42.4 Å². The molecule has 0 saturated carbocycles. The van der Waals surface area contributed by atoms with Crippen LogP contribution < -0.4 is 0 Å². The molecule has 0 radical (unpaired) electrons. The molecule has 6 nitrogen and oxygen atoms in total. The molecule has 1 aliphatic rings. The Morgan fingerprint density at radius 2 is 2.35 bits per heavy atom. The maximum absolute atomic E-state index is 12.1. The summed E-state index contributed by atoms with van der Waals surface area (Å²) in [5, 5.41) is 10.3. The van der Waals surface area contributed by atoms with Crippen molar-refractivity contribution in [2.24, 2.45) is 0 Å². The van der Waals surface area contributed by atoms with Crippen molar-refractivity contribution < 1.29 is 14.4 Å². The van der Waals surface area contributed by atoms with E-state index in [1.807, 2.05) is 26.0 Å². The van der Waals surface area contributed by atoms with Crippen molar-refractivity contribution in [1.29, 1.82) is 5.26 Å². The van der Waals surface area contributed by atoms with Gasteiger partial charge in [0.2, 0.25) is 0 Å². The number of nitriles is 1. The highest BCUT2D eigenvalue weighted by molar-refractivity contribution is 6.01. The molecule has 2 heterocycles. The Morgan fingerprint density at radius 3 is 2.91 bits per heavy atom. The third-order valence-electron chi connectivity index (χ3n) is 4.23. The van der Waals surface area contributed by atoms with E-state index >= 15 is 0 Å². The average molecular weight is 317 g/mol. The lowest BCUT2D eigenvalue weighted by atomic mass is 10.1. The number of rotatable bonds is 5. The fraction of sp³-hybridized carbons (Fsp3) is 0.529. The molecule has 0 aromatic carbocycles. The summed E-state index contributed by atoms with van der Waals surface area (Å²) in [6.45, 7) is 5.65. The highest BCUT2D eigenvalue weighted by Gasteiger charge is 2.20. The average Bonchev–Trinajstić information content (AvgIpc) is 3.15. The standard InChI is InChI=1S/C17H23N3O3/c1-12-8-14(9-15(10-18)17(21)19(3)22-4)13(2)20(12)11-16-6-5-7-23-16/h8-9,16H,5-7,11H2,1-4H3/b15-9+/t16-/m0/s1. The Balaban J connectivity index is 2.27. The molecule has 0 N–H and O–H groups in total. The number of aryl methyl sites for hydroxylation is 1. The van der Waals surface area contributed by atoms with E-state index < -0.39 is 5.91 Å². The number of nitrogens with zero attached hydrogens (tertiary/aromatic N) is 3. The van der Waals surface area contributed by atoms with E-state index in [9.17, 15) is 10.1 Å². The van der Waals surface area contributed by atoms with Crippen LogP contribution in [0.3, 0.4) is 0 Å². The third kappa shape index (κ3) is 3.81. The first kappa shape index (κ1) is 17.3. The van der Waals surface area contributed by atoms with Crippen LogP contribution in [0.2, 0.25) is 0 Å². The Labute approximate surface area is 136 Å². The quantitative estimate of drug-likeness (QED) is 0.474. The lowest BCUT2D eigenvalue weighted by Crippen LogP contribution is -2.26. The van der Waals surface area contributed by atoms with Gasteiger partial charge in [0.25, 0.3) is 5.91 Å². The van der Waals surface area contributed by atoms with Crippen LogP contribution in [0.25, 0.3) is 6.08 Å². The molecule has 0 aliphatic carbocycles. The van der Waals surface area contributed by atoms with E-state index in [1.54, 1.807) is 6.08 Å². The number of aromatic nitrogens is 1. The van der Waals surface area contributed by atoms with Gasteiger partial charge in [-0.15, -0.1) is 0 Å². The molecule has 1 aromatic rings. The van der Waals surface area contributed by atoms with Gasteiger partial charge in [0, 0.05) is 31.6 Å². The van der Waals surface area contributed by atoms with Crippen molar-refractivity contribution in [3.8, 4) is 6.07 Å². The number of likely N-dealkylation sites (N-methyl/N-ethyl adjacent to an activating group) is 1.